The van der Waals surface area contributed by atoms with Crippen LogP contribution < -0.4 is 4.72 Å². The lowest BCUT2D eigenvalue weighted by molar-refractivity contribution is 0.0247. The molecule has 1 aromatic carbocycles. The first kappa shape index (κ1) is 16.3. The van der Waals surface area contributed by atoms with Crippen LogP contribution in [0.2, 0.25) is 0 Å². The van der Waals surface area contributed by atoms with E-state index in [0.717, 1.165) is 15.7 Å². The predicted molar refractivity (Wildman–Crippen MR) is 92.0 cm³/mol. The van der Waals surface area contributed by atoms with Crippen LogP contribution >= 0.6 is 23.3 Å². The van der Waals surface area contributed by atoms with Crippen molar-refractivity contribution in [2.75, 3.05) is 4.72 Å². The van der Waals surface area contributed by atoms with Gasteiger partial charge in [-0.2, -0.15) is 0 Å². The molecular weight excluding hydrogens is 300 g/mol. The highest BCUT2D eigenvalue weighted by atomic mass is 32.2. The van der Waals surface area contributed by atoms with Gasteiger partial charge in [0.05, 0.1) is 5.69 Å². The molecule has 0 aliphatic carbocycles. The van der Waals surface area contributed by atoms with Crippen LogP contribution in [0.1, 0.15) is 43.5 Å². The third-order valence-corrected chi connectivity index (χ3v) is 5.56. The van der Waals surface area contributed by atoms with Crippen LogP contribution in [0, 0.1) is 13.8 Å². The maximum atomic E-state index is 10.5. The van der Waals surface area contributed by atoms with Gasteiger partial charge in [-0.05, 0) is 61.9 Å². The van der Waals surface area contributed by atoms with E-state index in [1.54, 1.807) is 11.9 Å². The molecule has 0 aliphatic rings. The molecule has 114 valence electrons. The van der Waals surface area contributed by atoms with Gasteiger partial charge in [-0.3, -0.25) is 0 Å². The number of aryl methyl sites for hydroxylation is 2. The van der Waals surface area contributed by atoms with E-state index in [2.05, 4.69) is 41.8 Å². The molecular formula is C16H22N2OS2. The molecule has 0 amide bonds. The number of aromatic nitrogens is 1. The normalized spacial score (nSPS) is 11.7. The average Bonchev–Trinajstić information content (AvgIpc) is 2.97. The van der Waals surface area contributed by atoms with E-state index >= 15 is 0 Å². The second-order valence-corrected chi connectivity index (χ2v) is 6.96. The quantitative estimate of drug-likeness (QED) is 0.744. The van der Waals surface area contributed by atoms with Crippen LogP contribution in [0.4, 0.5) is 5.13 Å². The van der Waals surface area contributed by atoms with Gasteiger partial charge in [-0.15, -0.1) is 11.3 Å². The third-order valence-electron chi connectivity index (χ3n) is 3.89. The molecule has 0 radical (unpaired) electrons. The van der Waals surface area contributed by atoms with Gasteiger partial charge in [0.25, 0.3) is 0 Å². The summed E-state index contributed by atoms with van der Waals surface area (Å²) in [6.45, 7) is 8.20. The summed E-state index contributed by atoms with van der Waals surface area (Å²) in [5, 5.41) is 13.2. The van der Waals surface area contributed by atoms with E-state index in [0.29, 0.717) is 12.8 Å². The summed E-state index contributed by atoms with van der Waals surface area (Å²) in [6, 6.07) is 6.39. The van der Waals surface area contributed by atoms with Crippen LogP contribution in [0.25, 0.3) is 0 Å². The van der Waals surface area contributed by atoms with Crippen LogP contribution in [0.3, 0.4) is 0 Å². The monoisotopic (exact) mass is 322 g/mol. The highest BCUT2D eigenvalue weighted by Crippen LogP contribution is 2.32. The second-order valence-electron chi connectivity index (χ2n) is 5.23. The summed E-state index contributed by atoms with van der Waals surface area (Å²) in [4.78, 5) is 5.68. The van der Waals surface area contributed by atoms with E-state index < -0.39 is 5.60 Å². The molecule has 5 heteroatoms. The Kier molecular flexibility index (Phi) is 5.30. The minimum atomic E-state index is -0.804. The second kappa shape index (κ2) is 6.81. The molecule has 1 aromatic heterocycles. The number of aliphatic hydroxyl groups is 1. The lowest BCUT2D eigenvalue weighted by Crippen LogP contribution is -2.23. The number of anilines is 1. The summed E-state index contributed by atoms with van der Waals surface area (Å²) in [7, 11) is 0. The number of benzene rings is 1. The maximum Gasteiger partial charge on any atom is 0.193 e. The predicted octanol–water partition coefficient (Wildman–Crippen LogP) is 4.89. The van der Waals surface area contributed by atoms with Gasteiger partial charge in [0, 0.05) is 10.3 Å². The molecule has 0 atom stereocenters. The number of hydrogen-bond acceptors (Lipinski definition) is 5. The summed E-state index contributed by atoms with van der Waals surface area (Å²) in [6.07, 6.45) is 1.36. The van der Waals surface area contributed by atoms with E-state index in [9.17, 15) is 5.11 Å². The number of hydrogen-bond donors (Lipinski definition) is 2. The van der Waals surface area contributed by atoms with Gasteiger partial charge < -0.3 is 9.83 Å². The summed E-state index contributed by atoms with van der Waals surface area (Å²) in [5.74, 6) is 0. The van der Waals surface area contributed by atoms with E-state index in [-0.39, 0.29) is 0 Å². The van der Waals surface area contributed by atoms with Crippen LogP contribution in [-0.4, -0.2) is 10.1 Å². The van der Waals surface area contributed by atoms with Gasteiger partial charge in [0.15, 0.2) is 5.13 Å². The minimum absolute atomic E-state index is 0.678. The SMILES string of the molecule is CCC(O)(CC)c1csc(NSc2ccc(C)c(C)c2)n1. The van der Waals surface area contributed by atoms with E-state index in [1.165, 1.54) is 22.5 Å². The molecule has 0 saturated heterocycles. The van der Waals surface area contributed by atoms with Crippen molar-refractivity contribution < 1.29 is 5.11 Å². The summed E-state index contributed by atoms with van der Waals surface area (Å²) >= 11 is 3.08. The van der Waals surface area contributed by atoms with Crippen molar-refractivity contribution in [3.63, 3.8) is 0 Å². The zero-order valence-corrected chi connectivity index (χ0v) is 14.6. The molecule has 0 fully saturated rings. The Morgan fingerprint density at radius 1 is 1.24 bits per heavy atom. The van der Waals surface area contributed by atoms with Crippen molar-refractivity contribution in [3.8, 4) is 0 Å². The van der Waals surface area contributed by atoms with E-state index in [4.69, 9.17) is 0 Å². The minimum Gasteiger partial charge on any atom is -0.384 e. The Hall–Kier alpha value is -1.04. The Labute approximate surface area is 135 Å². The molecule has 0 aliphatic heterocycles. The smallest absolute Gasteiger partial charge is 0.193 e. The molecule has 0 saturated carbocycles. The number of nitrogens with zero attached hydrogens (tertiary/aromatic N) is 1. The molecule has 2 N–H and O–H groups in total. The lowest BCUT2D eigenvalue weighted by Gasteiger charge is -2.22. The fraction of sp³-hybridized carbons (Fsp3) is 0.438. The van der Waals surface area contributed by atoms with Gasteiger partial charge in [-0.25, -0.2) is 4.98 Å². The first-order chi connectivity index (χ1) is 9.98. The zero-order valence-electron chi connectivity index (χ0n) is 12.9. The molecule has 21 heavy (non-hydrogen) atoms. The number of thiazole rings is 1. The average molecular weight is 322 g/mol. The molecule has 0 bridgehead atoms. The van der Waals surface area contributed by atoms with Crippen molar-refractivity contribution in [1.82, 2.24) is 4.98 Å². The summed E-state index contributed by atoms with van der Waals surface area (Å²) < 4.78 is 3.26. The molecule has 2 aromatic rings. The lowest BCUT2D eigenvalue weighted by atomic mass is 9.94. The Balaban J connectivity index is 2.04. The van der Waals surface area contributed by atoms with Gasteiger partial charge in [0.2, 0.25) is 0 Å². The Morgan fingerprint density at radius 3 is 2.57 bits per heavy atom. The van der Waals surface area contributed by atoms with Crippen LogP contribution in [-0.2, 0) is 5.60 Å². The highest BCUT2D eigenvalue weighted by molar-refractivity contribution is 8.00. The molecule has 2 rings (SSSR count). The highest BCUT2D eigenvalue weighted by Gasteiger charge is 2.27. The zero-order chi connectivity index (χ0) is 15.5. The fourth-order valence-corrected chi connectivity index (χ4v) is 3.61. The van der Waals surface area contributed by atoms with Gasteiger partial charge >= 0.3 is 0 Å². The standard InChI is InChI=1S/C16H22N2OS2/c1-5-16(19,6-2)14-10-20-15(17-14)18-21-13-8-7-11(3)12(4)9-13/h7-10,19H,5-6H2,1-4H3,(H,17,18). The van der Waals surface area contributed by atoms with E-state index in [1.807, 2.05) is 19.2 Å². The Bertz CT molecular complexity index is 606. The van der Waals surface area contributed by atoms with Crippen molar-refractivity contribution in [2.45, 2.75) is 51.0 Å². The fourth-order valence-electron chi connectivity index (χ4n) is 2.03. The first-order valence-corrected chi connectivity index (χ1v) is 8.86. The van der Waals surface area contributed by atoms with Crippen LogP contribution in [0.15, 0.2) is 28.5 Å². The maximum absolute atomic E-state index is 10.5. The van der Waals surface area contributed by atoms with Crippen molar-refractivity contribution in [2.24, 2.45) is 0 Å². The van der Waals surface area contributed by atoms with Crippen molar-refractivity contribution in [1.29, 1.82) is 0 Å². The van der Waals surface area contributed by atoms with Gasteiger partial charge in [0.1, 0.15) is 5.60 Å². The summed E-state index contributed by atoms with van der Waals surface area (Å²) in [5.41, 5.74) is 2.54. The van der Waals surface area contributed by atoms with Crippen molar-refractivity contribution >= 4 is 28.4 Å². The number of nitrogens with one attached hydrogen (secondary N) is 1. The number of rotatable bonds is 6. The third kappa shape index (κ3) is 3.78. The van der Waals surface area contributed by atoms with Crippen molar-refractivity contribution in [3.05, 3.63) is 40.4 Å². The largest absolute Gasteiger partial charge is 0.384 e. The molecule has 0 unspecified atom stereocenters. The Morgan fingerprint density at radius 2 is 1.95 bits per heavy atom. The van der Waals surface area contributed by atoms with Crippen LogP contribution in [0.5, 0.6) is 0 Å². The molecule has 3 nitrogen and oxygen atoms in total. The molecule has 0 spiro atoms. The molecule has 1 heterocycles. The van der Waals surface area contributed by atoms with Gasteiger partial charge in [-0.1, -0.05) is 19.9 Å². The topological polar surface area (TPSA) is 45.1 Å². The first-order valence-electron chi connectivity index (χ1n) is 7.17.